The number of aromatic nitrogens is 1. The molecule has 0 saturated heterocycles. The standard InChI is InChI=1S/C26H32N4O7S2/c1-37-14-13-19(27-24(33)18-11-7-4-8-12-18)22(31)23(32)20(15-17-9-5-3-6-10-17)28-25(34)21-16-38-26(29-21)30-39(2,35)36/h3-12,16,19-20,22-23,31-32H,13-15H2,1-2H3,(H,27,33)(H,28,34)(H,29,30). The van der Waals surface area contributed by atoms with Crippen molar-refractivity contribution in [2.45, 2.75) is 37.1 Å². The lowest BCUT2D eigenvalue weighted by Gasteiger charge is -2.33. The molecule has 1 heterocycles. The third-order valence-electron chi connectivity index (χ3n) is 5.78. The third kappa shape index (κ3) is 9.41. The van der Waals surface area contributed by atoms with E-state index in [4.69, 9.17) is 4.74 Å². The van der Waals surface area contributed by atoms with Gasteiger partial charge < -0.3 is 25.6 Å². The van der Waals surface area contributed by atoms with Crippen molar-refractivity contribution in [1.29, 1.82) is 0 Å². The lowest BCUT2D eigenvalue weighted by Crippen LogP contribution is -2.57. The van der Waals surface area contributed by atoms with Crippen LogP contribution in [-0.4, -0.2) is 79.7 Å². The highest BCUT2D eigenvalue weighted by molar-refractivity contribution is 7.92. The lowest BCUT2D eigenvalue weighted by atomic mass is 9.92. The van der Waals surface area contributed by atoms with Gasteiger partial charge in [-0.1, -0.05) is 48.5 Å². The average Bonchev–Trinajstić information content (AvgIpc) is 3.37. The van der Waals surface area contributed by atoms with E-state index in [9.17, 15) is 28.2 Å². The molecule has 13 heteroatoms. The molecule has 0 bridgehead atoms. The molecule has 0 aliphatic rings. The van der Waals surface area contributed by atoms with Gasteiger partial charge in [0.25, 0.3) is 11.8 Å². The molecule has 0 aliphatic heterocycles. The smallest absolute Gasteiger partial charge is 0.271 e. The summed E-state index contributed by atoms with van der Waals surface area (Å²) in [6.45, 7) is 0.203. The van der Waals surface area contributed by atoms with Crippen LogP contribution in [0.25, 0.3) is 0 Å². The van der Waals surface area contributed by atoms with Crippen LogP contribution in [-0.2, 0) is 21.2 Å². The van der Waals surface area contributed by atoms with E-state index in [1.54, 1.807) is 30.3 Å². The zero-order valence-electron chi connectivity index (χ0n) is 21.5. The van der Waals surface area contributed by atoms with Crippen molar-refractivity contribution in [3.05, 3.63) is 82.9 Å². The monoisotopic (exact) mass is 576 g/mol. The Labute approximate surface area is 231 Å². The number of hydrogen-bond acceptors (Lipinski definition) is 9. The summed E-state index contributed by atoms with van der Waals surface area (Å²) in [6, 6.07) is 15.7. The summed E-state index contributed by atoms with van der Waals surface area (Å²) in [7, 11) is -2.09. The first-order valence-corrected chi connectivity index (χ1v) is 14.8. The van der Waals surface area contributed by atoms with Gasteiger partial charge in [0, 0.05) is 24.7 Å². The summed E-state index contributed by atoms with van der Waals surface area (Å²) in [5.41, 5.74) is 1.12. The van der Waals surface area contributed by atoms with E-state index >= 15 is 0 Å². The number of amides is 2. The van der Waals surface area contributed by atoms with Crippen molar-refractivity contribution in [3.63, 3.8) is 0 Å². The Kier molecular flexibility index (Phi) is 10.9. The minimum Gasteiger partial charge on any atom is -0.388 e. The minimum absolute atomic E-state index is 0.0195. The molecule has 1 aromatic heterocycles. The maximum absolute atomic E-state index is 13.0. The molecule has 5 N–H and O–H groups in total. The van der Waals surface area contributed by atoms with Crippen molar-refractivity contribution < 1.29 is 33.0 Å². The van der Waals surface area contributed by atoms with Crippen molar-refractivity contribution in [3.8, 4) is 0 Å². The quantitative estimate of drug-likeness (QED) is 0.192. The second kappa shape index (κ2) is 14.1. The fourth-order valence-corrected chi connectivity index (χ4v) is 5.38. The van der Waals surface area contributed by atoms with Crippen molar-refractivity contribution in [1.82, 2.24) is 15.6 Å². The fraction of sp³-hybridized carbons (Fsp3) is 0.346. The number of ether oxygens (including phenoxy) is 1. The predicted octanol–water partition coefficient (Wildman–Crippen LogP) is 1.41. The van der Waals surface area contributed by atoms with Gasteiger partial charge in [-0.25, -0.2) is 13.4 Å². The Morgan fingerprint density at radius 3 is 2.15 bits per heavy atom. The van der Waals surface area contributed by atoms with E-state index in [0.29, 0.717) is 5.56 Å². The van der Waals surface area contributed by atoms with Crippen LogP contribution >= 0.6 is 11.3 Å². The van der Waals surface area contributed by atoms with Crippen LogP contribution in [0.4, 0.5) is 5.13 Å². The Balaban J connectivity index is 1.81. The molecule has 0 fully saturated rings. The summed E-state index contributed by atoms with van der Waals surface area (Å²) >= 11 is 0.934. The van der Waals surface area contributed by atoms with Crippen LogP contribution < -0.4 is 15.4 Å². The van der Waals surface area contributed by atoms with E-state index in [-0.39, 0.29) is 30.3 Å². The molecular formula is C26H32N4O7S2. The van der Waals surface area contributed by atoms with Crippen molar-refractivity contribution in [2.75, 3.05) is 24.7 Å². The number of aliphatic hydroxyl groups is 2. The van der Waals surface area contributed by atoms with Crippen LogP contribution in [0.2, 0.25) is 0 Å². The van der Waals surface area contributed by atoms with Crippen LogP contribution in [0.1, 0.15) is 32.8 Å². The van der Waals surface area contributed by atoms with Crippen LogP contribution in [0.3, 0.4) is 0 Å². The Morgan fingerprint density at radius 1 is 0.949 bits per heavy atom. The molecule has 39 heavy (non-hydrogen) atoms. The zero-order valence-corrected chi connectivity index (χ0v) is 23.1. The molecule has 210 valence electrons. The number of carbonyl (C=O) groups is 2. The number of rotatable bonds is 14. The first-order valence-electron chi connectivity index (χ1n) is 12.1. The summed E-state index contributed by atoms with van der Waals surface area (Å²) in [5.74, 6) is -1.10. The third-order valence-corrected chi connectivity index (χ3v) is 7.24. The van der Waals surface area contributed by atoms with Crippen molar-refractivity contribution >= 4 is 38.3 Å². The highest BCUT2D eigenvalue weighted by Crippen LogP contribution is 2.18. The van der Waals surface area contributed by atoms with Gasteiger partial charge >= 0.3 is 0 Å². The molecule has 4 unspecified atom stereocenters. The number of benzene rings is 2. The second-order valence-corrected chi connectivity index (χ2v) is 11.5. The molecule has 11 nitrogen and oxygen atoms in total. The van der Waals surface area contributed by atoms with E-state index in [1.165, 1.54) is 12.5 Å². The van der Waals surface area contributed by atoms with E-state index < -0.39 is 46.1 Å². The topological polar surface area (TPSA) is 167 Å². The minimum atomic E-state index is -3.58. The van der Waals surface area contributed by atoms with E-state index in [0.717, 1.165) is 23.2 Å². The largest absolute Gasteiger partial charge is 0.388 e. The molecule has 0 spiro atoms. The number of methoxy groups -OCH3 is 1. The Morgan fingerprint density at radius 2 is 1.54 bits per heavy atom. The SMILES string of the molecule is COCCC(NC(=O)c1ccccc1)C(O)C(O)C(Cc1ccccc1)NC(=O)c1csc(NS(C)(=O)=O)n1. The number of aliphatic hydroxyl groups excluding tert-OH is 2. The predicted molar refractivity (Wildman–Crippen MR) is 148 cm³/mol. The van der Waals surface area contributed by atoms with Crippen LogP contribution in [0, 0.1) is 0 Å². The number of sulfonamides is 1. The number of anilines is 1. The van der Waals surface area contributed by atoms with E-state index in [1.807, 2.05) is 30.3 Å². The Hall–Kier alpha value is -3.36. The van der Waals surface area contributed by atoms with Gasteiger partial charge in [-0.3, -0.25) is 14.3 Å². The highest BCUT2D eigenvalue weighted by atomic mass is 32.2. The normalized spacial score (nSPS) is 14.6. The van der Waals surface area contributed by atoms with Gasteiger partial charge in [0.1, 0.15) is 17.9 Å². The summed E-state index contributed by atoms with van der Waals surface area (Å²) in [6.07, 6.45) is -1.64. The maximum atomic E-state index is 13.0. The molecule has 0 aliphatic carbocycles. The summed E-state index contributed by atoms with van der Waals surface area (Å²) in [4.78, 5) is 29.8. The molecule has 0 radical (unpaired) electrons. The lowest BCUT2D eigenvalue weighted by molar-refractivity contribution is -0.0269. The zero-order chi connectivity index (χ0) is 28.4. The number of thiazole rings is 1. The van der Waals surface area contributed by atoms with Gasteiger partial charge in [-0.05, 0) is 30.5 Å². The molecule has 4 atom stereocenters. The maximum Gasteiger partial charge on any atom is 0.271 e. The Bertz CT molecular complexity index is 1320. The van der Waals surface area contributed by atoms with Gasteiger partial charge in [0.2, 0.25) is 10.0 Å². The van der Waals surface area contributed by atoms with Crippen LogP contribution in [0.15, 0.2) is 66.0 Å². The van der Waals surface area contributed by atoms with Gasteiger partial charge in [-0.15, -0.1) is 11.3 Å². The number of hydrogen-bond donors (Lipinski definition) is 5. The molecular weight excluding hydrogens is 544 g/mol. The molecule has 3 aromatic rings. The molecule has 0 saturated carbocycles. The van der Waals surface area contributed by atoms with Gasteiger partial charge in [0.05, 0.1) is 18.3 Å². The summed E-state index contributed by atoms with van der Waals surface area (Å²) < 4.78 is 30.3. The molecule has 2 amide bonds. The number of nitrogens with zero attached hydrogens (tertiary/aromatic N) is 1. The number of nitrogens with one attached hydrogen (secondary N) is 3. The summed E-state index contributed by atoms with van der Waals surface area (Å²) in [5, 5.41) is 29.4. The highest BCUT2D eigenvalue weighted by Gasteiger charge is 2.34. The number of carbonyl (C=O) groups excluding carboxylic acids is 2. The molecule has 3 rings (SSSR count). The second-order valence-electron chi connectivity index (χ2n) is 8.89. The van der Waals surface area contributed by atoms with Gasteiger partial charge in [-0.2, -0.15) is 0 Å². The van der Waals surface area contributed by atoms with Gasteiger partial charge in [0.15, 0.2) is 5.13 Å². The molecule has 2 aromatic carbocycles. The van der Waals surface area contributed by atoms with Crippen LogP contribution in [0.5, 0.6) is 0 Å². The van der Waals surface area contributed by atoms with E-state index in [2.05, 4.69) is 20.3 Å². The van der Waals surface area contributed by atoms with Crippen molar-refractivity contribution in [2.24, 2.45) is 0 Å². The fourth-order valence-electron chi connectivity index (χ4n) is 3.84. The first kappa shape index (κ1) is 30.2. The average molecular weight is 577 g/mol. The first-order chi connectivity index (χ1) is 18.6.